The molecule has 1 N–H and O–H groups in total. The first-order valence-corrected chi connectivity index (χ1v) is 7.23. The molecule has 1 fully saturated rings. The molecule has 0 aliphatic heterocycles. The molecule has 1 aromatic rings. The van der Waals surface area contributed by atoms with Gasteiger partial charge in [-0.3, -0.25) is 4.79 Å². The number of carbonyl (C=O) groups excluding carboxylic acids is 1. The van der Waals surface area contributed by atoms with Gasteiger partial charge >= 0.3 is 0 Å². The fraction of sp³-hybridized carbons (Fsp3) is 0.533. The minimum Gasteiger partial charge on any atom is -0.497 e. The second-order valence-electron chi connectivity index (χ2n) is 4.98. The number of ether oxygens (including phenoxy) is 2. The monoisotopic (exact) mass is 297 g/mol. The predicted molar refractivity (Wildman–Crippen MR) is 78.9 cm³/mol. The van der Waals surface area contributed by atoms with Gasteiger partial charge in [-0.1, -0.05) is 6.42 Å². The number of halogens is 1. The lowest BCUT2D eigenvalue weighted by Crippen LogP contribution is -2.31. The molecule has 110 valence electrons. The number of amides is 1. The van der Waals surface area contributed by atoms with E-state index in [1.807, 2.05) is 0 Å². The van der Waals surface area contributed by atoms with E-state index in [-0.39, 0.29) is 11.3 Å². The first-order valence-electron chi connectivity index (χ1n) is 6.80. The van der Waals surface area contributed by atoms with Crippen LogP contribution in [0.1, 0.15) is 29.6 Å². The summed E-state index contributed by atoms with van der Waals surface area (Å²) in [5.74, 6) is 1.40. The Labute approximate surface area is 124 Å². The summed E-state index contributed by atoms with van der Waals surface area (Å²) in [7, 11) is 3.12. The van der Waals surface area contributed by atoms with Crippen molar-refractivity contribution in [2.24, 2.45) is 5.92 Å². The topological polar surface area (TPSA) is 47.6 Å². The van der Waals surface area contributed by atoms with E-state index in [4.69, 9.17) is 21.1 Å². The number of rotatable bonds is 5. The third-order valence-corrected chi connectivity index (χ3v) is 4.32. The number of hydrogen-bond donors (Lipinski definition) is 1. The molecule has 0 heterocycles. The molecular weight excluding hydrogens is 278 g/mol. The fourth-order valence-corrected chi connectivity index (χ4v) is 2.90. The number of hydrogen-bond acceptors (Lipinski definition) is 3. The fourth-order valence-electron chi connectivity index (χ4n) is 2.53. The van der Waals surface area contributed by atoms with Gasteiger partial charge in [-0.2, -0.15) is 0 Å². The largest absolute Gasteiger partial charge is 0.497 e. The maximum Gasteiger partial charge on any atom is 0.255 e. The van der Waals surface area contributed by atoms with Crippen molar-refractivity contribution in [3.63, 3.8) is 0 Å². The third kappa shape index (κ3) is 3.37. The Bertz CT molecular complexity index is 478. The van der Waals surface area contributed by atoms with E-state index in [0.29, 0.717) is 29.5 Å². The molecule has 1 aliphatic carbocycles. The standard InChI is InChI=1S/C15H20ClNO3/c1-19-11-6-7-12(14(8-11)20-2)15(18)17-9-10-4-3-5-13(10)16/h6-8,10,13H,3-5,9H2,1-2H3,(H,17,18). The lowest BCUT2D eigenvalue weighted by Gasteiger charge is -2.15. The molecular formula is C15H20ClNO3. The summed E-state index contributed by atoms with van der Waals surface area (Å²) >= 11 is 6.21. The summed E-state index contributed by atoms with van der Waals surface area (Å²) < 4.78 is 10.4. The van der Waals surface area contributed by atoms with Gasteiger partial charge in [0.15, 0.2) is 0 Å². The molecule has 2 rings (SSSR count). The first-order chi connectivity index (χ1) is 9.65. The highest BCUT2D eigenvalue weighted by atomic mass is 35.5. The maximum atomic E-state index is 12.2. The summed E-state index contributed by atoms with van der Waals surface area (Å²) in [6.07, 6.45) is 3.25. The Balaban J connectivity index is 2.01. The van der Waals surface area contributed by atoms with Gasteiger partial charge in [0, 0.05) is 18.0 Å². The molecule has 0 bridgehead atoms. The minimum absolute atomic E-state index is 0.139. The lowest BCUT2D eigenvalue weighted by atomic mass is 10.1. The minimum atomic E-state index is -0.139. The van der Waals surface area contributed by atoms with Gasteiger partial charge in [-0.15, -0.1) is 11.6 Å². The third-order valence-electron chi connectivity index (χ3n) is 3.74. The van der Waals surface area contributed by atoms with Crippen LogP contribution < -0.4 is 14.8 Å². The van der Waals surface area contributed by atoms with Gasteiger partial charge in [0.2, 0.25) is 0 Å². The average Bonchev–Trinajstić information content (AvgIpc) is 2.89. The van der Waals surface area contributed by atoms with E-state index in [1.54, 1.807) is 25.3 Å². The van der Waals surface area contributed by atoms with Crippen LogP contribution in [0.3, 0.4) is 0 Å². The number of carbonyl (C=O) groups is 1. The van der Waals surface area contributed by atoms with Crippen molar-refractivity contribution >= 4 is 17.5 Å². The molecule has 0 radical (unpaired) electrons. The van der Waals surface area contributed by atoms with Crippen LogP contribution in [-0.2, 0) is 0 Å². The predicted octanol–water partition coefficient (Wildman–Crippen LogP) is 2.84. The number of alkyl halides is 1. The van der Waals surface area contributed by atoms with Crippen LogP contribution in [0.4, 0.5) is 0 Å². The Morgan fingerprint density at radius 3 is 2.75 bits per heavy atom. The van der Waals surface area contributed by atoms with E-state index < -0.39 is 0 Å². The molecule has 20 heavy (non-hydrogen) atoms. The Kier molecular flexibility index (Phi) is 5.12. The zero-order valence-electron chi connectivity index (χ0n) is 11.8. The van der Waals surface area contributed by atoms with Crippen LogP contribution in [0, 0.1) is 5.92 Å². The van der Waals surface area contributed by atoms with Crippen LogP contribution in [0.25, 0.3) is 0 Å². The average molecular weight is 298 g/mol. The molecule has 0 spiro atoms. The van der Waals surface area contributed by atoms with Gasteiger partial charge in [0.1, 0.15) is 11.5 Å². The Morgan fingerprint density at radius 1 is 1.35 bits per heavy atom. The zero-order valence-corrected chi connectivity index (χ0v) is 12.6. The molecule has 1 amide bonds. The van der Waals surface area contributed by atoms with Crippen LogP contribution in [0.15, 0.2) is 18.2 Å². The van der Waals surface area contributed by atoms with E-state index >= 15 is 0 Å². The van der Waals surface area contributed by atoms with Crippen molar-refractivity contribution in [3.05, 3.63) is 23.8 Å². The van der Waals surface area contributed by atoms with Crippen molar-refractivity contribution in [2.75, 3.05) is 20.8 Å². The van der Waals surface area contributed by atoms with Crippen molar-refractivity contribution in [2.45, 2.75) is 24.6 Å². The summed E-state index contributed by atoms with van der Waals surface area (Å²) in [5, 5.41) is 3.11. The quantitative estimate of drug-likeness (QED) is 0.850. The van der Waals surface area contributed by atoms with Crippen LogP contribution in [0.5, 0.6) is 11.5 Å². The summed E-state index contributed by atoms with van der Waals surface area (Å²) in [6, 6.07) is 5.16. The highest BCUT2D eigenvalue weighted by Gasteiger charge is 2.26. The molecule has 0 aromatic heterocycles. The van der Waals surface area contributed by atoms with Gasteiger partial charge < -0.3 is 14.8 Å². The van der Waals surface area contributed by atoms with E-state index in [9.17, 15) is 4.79 Å². The summed E-state index contributed by atoms with van der Waals surface area (Å²) in [6.45, 7) is 0.613. The Morgan fingerprint density at radius 2 is 2.15 bits per heavy atom. The molecule has 1 aliphatic rings. The normalized spacial score (nSPS) is 21.6. The maximum absolute atomic E-state index is 12.2. The lowest BCUT2D eigenvalue weighted by molar-refractivity contribution is 0.0944. The molecule has 0 saturated heterocycles. The van der Waals surface area contributed by atoms with Crippen LogP contribution in [0.2, 0.25) is 0 Å². The van der Waals surface area contributed by atoms with Crippen molar-refractivity contribution in [1.29, 1.82) is 0 Å². The number of benzene rings is 1. The van der Waals surface area contributed by atoms with E-state index in [1.165, 1.54) is 7.11 Å². The van der Waals surface area contributed by atoms with Gasteiger partial charge in [0.05, 0.1) is 19.8 Å². The second kappa shape index (κ2) is 6.84. The van der Waals surface area contributed by atoms with Crippen molar-refractivity contribution in [1.82, 2.24) is 5.32 Å². The second-order valence-corrected chi connectivity index (χ2v) is 5.54. The molecule has 5 heteroatoms. The highest BCUT2D eigenvalue weighted by Crippen LogP contribution is 2.30. The van der Waals surface area contributed by atoms with Crippen LogP contribution >= 0.6 is 11.6 Å². The molecule has 2 atom stereocenters. The van der Waals surface area contributed by atoms with Crippen molar-refractivity contribution < 1.29 is 14.3 Å². The first kappa shape index (κ1) is 15.0. The van der Waals surface area contributed by atoms with Crippen molar-refractivity contribution in [3.8, 4) is 11.5 Å². The highest BCUT2D eigenvalue weighted by molar-refractivity contribution is 6.21. The van der Waals surface area contributed by atoms with E-state index in [2.05, 4.69) is 5.32 Å². The van der Waals surface area contributed by atoms with Gasteiger partial charge in [0.25, 0.3) is 5.91 Å². The molecule has 4 nitrogen and oxygen atoms in total. The summed E-state index contributed by atoms with van der Waals surface area (Å²) in [4.78, 5) is 12.2. The number of methoxy groups -OCH3 is 2. The number of nitrogens with one attached hydrogen (secondary N) is 1. The molecule has 1 saturated carbocycles. The Hall–Kier alpha value is -1.42. The molecule has 2 unspecified atom stereocenters. The van der Waals surface area contributed by atoms with Crippen LogP contribution in [-0.4, -0.2) is 32.0 Å². The van der Waals surface area contributed by atoms with Gasteiger partial charge in [-0.05, 0) is 30.9 Å². The molecule has 1 aromatic carbocycles. The SMILES string of the molecule is COc1ccc(C(=O)NCC2CCCC2Cl)c(OC)c1. The summed E-state index contributed by atoms with van der Waals surface area (Å²) in [5.41, 5.74) is 0.511. The zero-order chi connectivity index (χ0) is 14.5. The van der Waals surface area contributed by atoms with E-state index in [0.717, 1.165) is 19.3 Å². The smallest absolute Gasteiger partial charge is 0.255 e. The van der Waals surface area contributed by atoms with Gasteiger partial charge in [-0.25, -0.2) is 0 Å².